The zero-order valence-corrected chi connectivity index (χ0v) is 13.6. The Balaban J connectivity index is 1.92. The van der Waals surface area contributed by atoms with Crippen molar-refractivity contribution in [3.8, 4) is 0 Å². The molecule has 2 aromatic rings. The van der Waals surface area contributed by atoms with Crippen molar-refractivity contribution in [1.29, 1.82) is 0 Å². The molecule has 1 aliphatic heterocycles. The summed E-state index contributed by atoms with van der Waals surface area (Å²) in [5.74, 6) is 1.64. The van der Waals surface area contributed by atoms with Gasteiger partial charge in [-0.3, -0.25) is 4.79 Å². The van der Waals surface area contributed by atoms with Crippen molar-refractivity contribution in [1.82, 2.24) is 14.8 Å². The molecule has 1 aliphatic carbocycles. The van der Waals surface area contributed by atoms with Crippen molar-refractivity contribution in [3.05, 3.63) is 53.0 Å². The Labute approximate surface area is 135 Å². The highest BCUT2D eigenvalue weighted by Gasteiger charge is 2.41. The molecule has 0 radical (unpaired) electrons. The Morgan fingerprint density at radius 1 is 1.22 bits per heavy atom. The Morgan fingerprint density at radius 3 is 2.70 bits per heavy atom. The van der Waals surface area contributed by atoms with E-state index in [2.05, 4.69) is 41.4 Å². The van der Waals surface area contributed by atoms with Gasteiger partial charge >= 0.3 is 0 Å². The number of nitrogens with zero attached hydrogens (tertiary/aromatic N) is 3. The van der Waals surface area contributed by atoms with E-state index in [1.807, 2.05) is 29.8 Å². The van der Waals surface area contributed by atoms with Crippen LogP contribution in [0, 0.1) is 12.3 Å². The highest BCUT2D eigenvalue weighted by molar-refractivity contribution is 6.00. The van der Waals surface area contributed by atoms with Crippen molar-refractivity contribution < 1.29 is 4.79 Å². The monoisotopic (exact) mass is 308 g/mol. The highest BCUT2D eigenvalue weighted by Crippen LogP contribution is 2.45. The Morgan fingerprint density at radius 2 is 1.96 bits per heavy atom. The van der Waals surface area contributed by atoms with Crippen LogP contribution in [0.4, 0.5) is 5.95 Å². The third-order valence-corrected chi connectivity index (χ3v) is 4.55. The van der Waals surface area contributed by atoms with Crippen LogP contribution in [-0.2, 0) is 4.79 Å². The van der Waals surface area contributed by atoms with Gasteiger partial charge in [-0.1, -0.05) is 44.2 Å². The second-order valence-electron chi connectivity index (χ2n) is 7.20. The molecular formula is C18H20N4O. The average Bonchev–Trinajstić information content (AvgIpc) is 2.84. The second-order valence-corrected chi connectivity index (χ2v) is 7.20. The van der Waals surface area contributed by atoms with Crippen molar-refractivity contribution >= 4 is 11.7 Å². The highest BCUT2D eigenvalue weighted by atomic mass is 16.1. The average molecular weight is 308 g/mol. The third-order valence-electron chi connectivity index (χ3n) is 4.55. The first-order valence-electron chi connectivity index (χ1n) is 7.96. The van der Waals surface area contributed by atoms with Crippen molar-refractivity contribution in [2.45, 2.75) is 39.7 Å². The van der Waals surface area contributed by atoms with E-state index in [1.54, 1.807) is 0 Å². The number of nitrogens with one attached hydrogen (secondary N) is 1. The molecule has 5 nitrogen and oxygen atoms in total. The maximum absolute atomic E-state index is 12.9. The summed E-state index contributed by atoms with van der Waals surface area (Å²) < 4.78 is 1.85. The van der Waals surface area contributed by atoms with Crippen molar-refractivity contribution in [2.24, 2.45) is 5.41 Å². The van der Waals surface area contributed by atoms with Gasteiger partial charge in [-0.05, 0) is 24.3 Å². The maximum Gasteiger partial charge on any atom is 0.226 e. The predicted octanol–water partition coefficient (Wildman–Crippen LogP) is 3.24. The van der Waals surface area contributed by atoms with Crippen LogP contribution in [0.25, 0.3) is 0 Å². The van der Waals surface area contributed by atoms with Gasteiger partial charge in [-0.25, -0.2) is 4.68 Å². The quantitative estimate of drug-likeness (QED) is 0.878. The number of benzene rings is 1. The molecule has 0 saturated heterocycles. The standard InChI is InChI=1S/C18H20N4O/c1-11-19-17-20-13-9-18(2,3)10-14(23)15(13)16(22(17)21-11)12-7-5-4-6-8-12/h4-8,16H,9-10H2,1-3H3,(H,19,20,21)/t16-/m1/s1. The Bertz CT molecular complexity index is 817. The fourth-order valence-corrected chi connectivity index (χ4v) is 3.66. The van der Waals surface area contributed by atoms with Crippen LogP contribution < -0.4 is 5.32 Å². The lowest BCUT2D eigenvalue weighted by Crippen LogP contribution is -2.36. The van der Waals surface area contributed by atoms with Crippen LogP contribution in [0.15, 0.2) is 41.6 Å². The van der Waals surface area contributed by atoms with E-state index in [1.165, 1.54) is 0 Å². The van der Waals surface area contributed by atoms with E-state index in [0.29, 0.717) is 12.2 Å². The fraction of sp³-hybridized carbons (Fsp3) is 0.389. The summed E-state index contributed by atoms with van der Waals surface area (Å²) in [5.41, 5.74) is 2.88. The molecule has 118 valence electrons. The van der Waals surface area contributed by atoms with Crippen LogP contribution in [0.5, 0.6) is 0 Å². The summed E-state index contributed by atoms with van der Waals surface area (Å²) in [5, 5.41) is 7.88. The maximum atomic E-state index is 12.9. The number of aromatic nitrogens is 3. The summed E-state index contributed by atoms with van der Waals surface area (Å²) in [6.07, 6.45) is 1.42. The summed E-state index contributed by atoms with van der Waals surface area (Å²) in [6, 6.07) is 9.89. The van der Waals surface area contributed by atoms with Gasteiger partial charge in [0.1, 0.15) is 11.9 Å². The SMILES string of the molecule is Cc1nc2n(n1)[C@H](c1ccccc1)C1=C(CC(C)(C)CC1=O)N2. The lowest BCUT2D eigenvalue weighted by molar-refractivity contribution is -0.118. The lowest BCUT2D eigenvalue weighted by Gasteiger charge is -2.38. The minimum atomic E-state index is -0.188. The molecule has 2 aliphatic rings. The number of carbonyl (C=O) groups excluding carboxylic acids is 1. The van der Waals surface area contributed by atoms with Gasteiger partial charge in [-0.15, -0.1) is 0 Å². The Kier molecular flexibility index (Phi) is 2.95. The molecule has 0 amide bonds. The number of Topliss-reactive ketones (excluding diaryl/α,β-unsaturated/α-hetero) is 1. The molecule has 0 saturated carbocycles. The van der Waals surface area contributed by atoms with Gasteiger partial charge in [0, 0.05) is 17.7 Å². The lowest BCUT2D eigenvalue weighted by atomic mass is 9.73. The minimum Gasteiger partial charge on any atom is -0.328 e. The number of carbonyl (C=O) groups is 1. The molecule has 1 aromatic heterocycles. The Hall–Kier alpha value is -2.43. The molecule has 5 heteroatoms. The molecule has 0 spiro atoms. The summed E-state index contributed by atoms with van der Waals surface area (Å²) >= 11 is 0. The van der Waals surface area contributed by atoms with Gasteiger partial charge in [0.2, 0.25) is 5.95 Å². The normalized spacial score (nSPS) is 22.4. The van der Waals surface area contributed by atoms with Crippen LogP contribution in [0.2, 0.25) is 0 Å². The van der Waals surface area contributed by atoms with Crippen LogP contribution >= 0.6 is 0 Å². The molecule has 0 unspecified atom stereocenters. The van der Waals surface area contributed by atoms with Gasteiger partial charge in [0.05, 0.1) is 0 Å². The van der Waals surface area contributed by atoms with Crippen molar-refractivity contribution in [2.75, 3.05) is 5.32 Å². The third kappa shape index (κ3) is 2.27. The number of rotatable bonds is 1. The summed E-state index contributed by atoms with van der Waals surface area (Å²) in [4.78, 5) is 17.4. The largest absolute Gasteiger partial charge is 0.328 e. The van der Waals surface area contributed by atoms with Crippen LogP contribution in [0.1, 0.15) is 44.1 Å². The van der Waals surface area contributed by atoms with Crippen molar-refractivity contribution in [3.63, 3.8) is 0 Å². The van der Waals surface area contributed by atoms with E-state index < -0.39 is 0 Å². The van der Waals surface area contributed by atoms with E-state index in [9.17, 15) is 4.79 Å². The molecule has 23 heavy (non-hydrogen) atoms. The number of anilines is 1. The molecule has 2 heterocycles. The zero-order chi connectivity index (χ0) is 16.2. The molecule has 0 bridgehead atoms. The first kappa shape index (κ1) is 14.2. The summed E-state index contributed by atoms with van der Waals surface area (Å²) in [7, 11) is 0. The van der Waals surface area contributed by atoms with Crippen LogP contribution in [-0.4, -0.2) is 20.5 Å². The topological polar surface area (TPSA) is 59.8 Å². The van der Waals surface area contributed by atoms with E-state index in [0.717, 1.165) is 29.2 Å². The zero-order valence-electron chi connectivity index (χ0n) is 13.6. The number of hydrogen-bond donors (Lipinski definition) is 1. The van der Waals surface area contributed by atoms with Crippen LogP contribution in [0.3, 0.4) is 0 Å². The number of fused-ring (bicyclic) bond motifs is 1. The van der Waals surface area contributed by atoms with E-state index in [-0.39, 0.29) is 17.2 Å². The van der Waals surface area contributed by atoms with Gasteiger partial charge in [0.25, 0.3) is 0 Å². The van der Waals surface area contributed by atoms with Gasteiger partial charge in [0.15, 0.2) is 5.78 Å². The van der Waals surface area contributed by atoms with E-state index >= 15 is 0 Å². The predicted molar refractivity (Wildman–Crippen MR) is 88.0 cm³/mol. The van der Waals surface area contributed by atoms with Gasteiger partial charge < -0.3 is 5.32 Å². The number of hydrogen-bond acceptors (Lipinski definition) is 4. The molecule has 1 N–H and O–H groups in total. The molecular weight excluding hydrogens is 288 g/mol. The molecule has 0 fully saturated rings. The first-order valence-corrected chi connectivity index (χ1v) is 7.96. The minimum absolute atomic E-state index is 0.0264. The second kappa shape index (κ2) is 4.78. The fourth-order valence-electron chi connectivity index (χ4n) is 3.66. The smallest absolute Gasteiger partial charge is 0.226 e. The molecule has 1 atom stereocenters. The number of aryl methyl sites for hydroxylation is 1. The van der Waals surface area contributed by atoms with E-state index in [4.69, 9.17) is 0 Å². The number of ketones is 1. The molecule has 4 rings (SSSR count). The first-order chi connectivity index (χ1) is 10.9. The van der Waals surface area contributed by atoms with Gasteiger partial charge in [-0.2, -0.15) is 10.1 Å². The number of allylic oxidation sites excluding steroid dienone is 2. The molecule has 1 aromatic carbocycles. The summed E-state index contributed by atoms with van der Waals surface area (Å²) in [6.45, 7) is 6.15.